The Morgan fingerprint density at radius 1 is 1.19 bits per heavy atom. The first-order valence-corrected chi connectivity index (χ1v) is 10.2. The number of rotatable bonds is 7. The maximum Gasteiger partial charge on any atom is 0.227 e. The van der Waals surface area contributed by atoms with Crippen molar-refractivity contribution in [3.05, 3.63) is 64.9 Å². The number of hydrogen-bond acceptors (Lipinski definition) is 3. The summed E-state index contributed by atoms with van der Waals surface area (Å²) in [7, 11) is 0. The van der Waals surface area contributed by atoms with Crippen LogP contribution in [0, 0.1) is 0 Å². The zero-order valence-corrected chi connectivity index (χ0v) is 16.7. The number of nitrogens with one attached hydrogen (secondary N) is 1. The second-order valence-corrected chi connectivity index (χ2v) is 7.80. The van der Waals surface area contributed by atoms with Crippen LogP contribution in [0.3, 0.4) is 0 Å². The topological polar surface area (TPSA) is 45.2 Å². The molecule has 0 bridgehead atoms. The number of aromatic nitrogens is 1. The summed E-state index contributed by atoms with van der Waals surface area (Å²) >= 11 is 6.03. The summed E-state index contributed by atoms with van der Waals surface area (Å²) in [6, 6.07) is 11.9. The first-order chi connectivity index (χ1) is 13.1. The minimum absolute atomic E-state index is 0.0602. The van der Waals surface area contributed by atoms with Gasteiger partial charge in [-0.15, -0.1) is 0 Å². The maximum absolute atomic E-state index is 13.0. The van der Waals surface area contributed by atoms with Crippen LogP contribution < -0.4 is 5.32 Å². The Morgan fingerprint density at radius 2 is 1.93 bits per heavy atom. The molecule has 1 aromatic carbocycles. The van der Waals surface area contributed by atoms with Crippen LogP contribution in [0.25, 0.3) is 0 Å². The van der Waals surface area contributed by atoms with Crippen molar-refractivity contribution >= 4 is 17.5 Å². The van der Waals surface area contributed by atoms with E-state index in [-0.39, 0.29) is 11.8 Å². The lowest BCUT2D eigenvalue weighted by Gasteiger charge is -2.32. The molecule has 27 heavy (non-hydrogen) atoms. The highest BCUT2D eigenvalue weighted by atomic mass is 35.5. The molecule has 1 aromatic heterocycles. The molecule has 1 saturated heterocycles. The fourth-order valence-electron chi connectivity index (χ4n) is 3.67. The van der Waals surface area contributed by atoms with Gasteiger partial charge >= 0.3 is 0 Å². The first-order valence-electron chi connectivity index (χ1n) is 9.79. The average molecular weight is 386 g/mol. The fraction of sp³-hybridized carbons (Fsp3) is 0.455. The molecule has 0 radical (unpaired) electrons. The molecule has 0 aliphatic carbocycles. The summed E-state index contributed by atoms with van der Waals surface area (Å²) < 4.78 is 0. The van der Waals surface area contributed by atoms with E-state index in [1.807, 2.05) is 42.6 Å². The highest BCUT2D eigenvalue weighted by Crippen LogP contribution is 2.23. The molecule has 2 unspecified atom stereocenters. The van der Waals surface area contributed by atoms with Gasteiger partial charge in [-0.05, 0) is 68.6 Å². The number of carbonyl (C=O) groups is 1. The van der Waals surface area contributed by atoms with Gasteiger partial charge < -0.3 is 5.32 Å². The van der Waals surface area contributed by atoms with Crippen LogP contribution in [0.15, 0.2) is 48.8 Å². The number of benzene rings is 1. The van der Waals surface area contributed by atoms with Crippen molar-refractivity contribution < 1.29 is 4.79 Å². The van der Waals surface area contributed by atoms with Crippen LogP contribution in [0.5, 0.6) is 0 Å². The third kappa shape index (κ3) is 5.78. The number of piperidine rings is 1. The molecule has 5 heteroatoms. The van der Waals surface area contributed by atoms with Gasteiger partial charge in [0.2, 0.25) is 5.91 Å². The quantitative estimate of drug-likeness (QED) is 0.781. The summed E-state index contributed by atoms with van der Waals surface area (Å²) in [5, 5.41) is 3.86. The maximum atomic E-state index is 13.0. The summed E-state index contributed by atoms with van der Waals surface area (Å²) in [4.78, 5) is 19.7. The van der Waals surface area contributed by atoms with E-state index >= 15 is 0 Å². The predicted octanol–water partition coefficient (Wildman–Crippen LogP) is 4.05. The Morgan fingerprint density at radius 3 is 2.59 bits per heavy atom. The van der Waals surface area contributed by atoms with E-state index in [4.69, 9.17) is 11.6 Å². The van der Waals surface area contributed by atoms with Crippen molar-refractivity contribution in [3.63, 3.8) is 0 Å². The molecule has 1 aliphatic rings. The van der Waals surface area contributed by atoms with Crippen molar-refractivity contribution in [2.24, 2.45) is 0 Å². The zero-order chi connectivity index (χ0) is 19.1. The van der Waals surface area contributed by atoms with Crippen molar-refractivity contribution in [2.75, 3.05) is 19.6 Å². The van der Waals surface area contributed by atoms with E-state index in [2.05, 4.69) is 22.1 Å². The third-order valence-corrected chi connectivity index (χ3v) is 5.59. The molecule has 3 rings (SSSR count). The predicted molar refractivity (Wildman–Crippen MR) is 110 cm³/mol. The number of hydrogen-bond donors (Lipinski definition) is 1. The first kappa shape index (κ1) is 19.8. The third-order valence-electron chi connectivity index (χ3n) is 5.34. The molecule has 2 heterocycles. The Kier molecular flexibility index (Phi) is 7.25. The van der Waals surface area contributed by atoms with E-state index in [1.165, 1.54) is 19.3 Å². The van der Waals surface area contributed by atoms with Gasteiger partial charge in [0.25, 0.3) is 0 Å². The van der Waals surface area contributed by atoms with Crippen LogP contribution in [-0.2, 0) is 11.2 Å². The molecule has 144 valence electrons. The molecule has 2 atom stereocenters. The average Bonchev–Trinajstić information content (AvgIpc) is 2.72. The molecule has 1 fully saturated rings. The normalized spacial score (nSPS) is 17.3. The smallest absolute Gasteiger partial charge is 0.227 e. The molecule has 2 aromatic rings. The van der Waals surface area contributed by atoms with E-state index < -0.39 is 0 Å². The lowest BCUT2D eigenvalue weighted by atomic mass is 9.91. The Labute approximate surface area is 166 Å². The van der Waals surface area contributed by atoms with Crippen molar-refractivity contribution in [3.8, 4) is 0 Å². The van der Waals surface area contributed by atoms with E-state index in [0.717, 1.165) is 24.2 Å². The van der Waals surface area contributed by atoms with Crippen LogP contribution >= 0.6 is 11.6 Å². The summed E-state index contributed by atoms with van der Waals surface area (Å²) in [5.41, 5.74) is 2.03. The number of likely N-dealkylation sites (tertiary alicyclic amines) is 1. The van der Waals surface area contributed by atoms with Crippen LogP contribution in [-0.4, -0.2) is 41.5 Å². The number of amides is 1. The SMILES string of the molecule is CC(CNC(=O)C(Cc1cccnc1)c1ccc(Cl)cc1)N1CCCCC1. The molecular weight excluding hydrogens is 358 g/mol. The lowest BCUT2D eigenvalue weighted by Crippen LogP contribution is -2.45. The van der Waals surface area contributed by atoms with Gasteiger partial charge in [0.1, 0.15) is 0 Å². The van der Waals surface area contributed by atoms with Crippen molar-refractivity contribution in [1.82, 2.24) is 15.2 Å². The standard InChI is InChI=1S/C22H28ClN3O/c1-17(26-12-3-2-4-13-26)15-25-22(27)21(14-18-6-5-11-24-16-18)19-7-9-20(23)10-8-19/h5-11,16-17,21H,2-4,12-15H2,1H3,(H,25,27). The molecular formula is C22H28ClN3O. The lowest BCUT2D eigenvalue weighted by molar-refractivity contribution is -0.122. The van der Waals surface area contributed by atoms with Crippen molar-refractivity contribution in [1.29, 1.82) is 0 Å². The fourth-order valence-corrected chi connectivity index (χ4v) is 3.80. The van der Waals surface area contributed by atoms with Gasteiger partial charge in [0, 0.05) is 30.0 Å². The largest absolute Gasteiger partial charge is 0.354 e. The number of pyridine rings is 1. The van der Waals surface area contributed by atoms with Gasteiger partial charge in [-0.25, -0.2) is 0 Å². The molecule has 1 aliphatic heterocycles. The highest BCUT2D eigenvalue weighted by molar-refractivity contribution is 6.30. The second-order valence-electron chi connectivity index (χ2n) is 7.36. The van der Waals surface area contributed by atoms with E-state index in [1.54, 1.807) is 6.20 Å². The number of nitrogens with zero attached hydrogens (tertiary/aromatic N) is 2. The van der Waals surface area contributed by atoms with Gasteiger partial charge in [-0.1, -0.05) is 36.2 Å². The van der Waals surface area contributed by atoms with Gasteiger partial charge in [-0.3, -0.25) is 14.7 Å². The monoisotopic (exact) mass is 385 g/mol. The van der Waals surface area contributed by atoms with Gasteiger partial charge in [-0.2, -0.15) is 0 Å². The van der Waals surface area contributed by atoms with Crippen LogP contribution in [0.2, 0.25) is 5.02 Å². The summed E-state index contributed by atoms with van der Waals surface area (Å²) in [5.74, 6) is -0.190. The zero-order valence-electron chi connectivity index (χ0n) is 15.9. The van der Waals surface area contributed by atoms with E-state index in [0.29, 0.717) is 24.0 Å². The van der Waals surface area contributed by atoms with Gasteiger partial charge in [0.05, 0.1) is 5.92 Å². The Hall–Kier alpha value is -1.91. The van der Waals surface area contributed by atoms with Gasteiger partial charge in [0.15, 0.2) is 0 Å². The molecule has 0 saturated carbocycles. The minimum Gasteiger partial charge on any atom is -0.354 e. The van der Waals surface area contributed by atoms with Crippen LogP contribution in [0.1, 0.15) is 43.2 Å². The second kappa shape index (κ2) is 9.86. The Balaban J connectivity index is 1.67. The molecule has 0 spiro atoms. The Bertz CT molecular complexity index is 714. The summed E-state index contributed by atoms with van der Waals surface area (Å²) in [6.07, 6.45) is 8.03. The van der Waals surface area contributed by atoms with Crippen LogP contribution in [0.4, 0.5) is 0 Å². The highest BCUT2D eigenvalue weighted by Gasteiger charge is 2.23. The van der Waals surface area contributed by atoms with Crippen molar-refractivity contribution in [2.45, 2.75) is 44.6 Å². The summed E-state index contributed by atoms with van der Waals surface area (Å²) in [6.45, 7) is 5.14. The van der Waals surface area contributed by atoms with E-state index in [9.17, 15) is 4.79 Å². The number of halogens is 1. The molecule has 1 amide bonds. The molecule has 4 nitrogen and oxygen atoms in total. The number of carbonyl (C=O) groups excluding carboxylic acids is 1. The minimum atomic E-state index is -0.250. The molecule has 1 N–H and O–H groups in total.